The molecule has 4 rings (SSSR count). The van der Waals surface area contributed by atoms with Gasteiger partial charge in [0.25, 0.3) is 0 Å². The van der Waals surface area contributed by atoms with Crippen LogP contribution in [0.15, 0.2) is 81.4 Å². The molecule has 0 aliphatic heterocycles. The molecular formula is C20H13N4Na3O9S3. The first-order valence-corrected chi connectivity index (χ1v) is 12.5. The number of nitrogens with one attached hydrogen (secondary N) is 2. The molecule has 0 aliphatic rings. The van der Waals surface area contributed by atoms with Crippen LogP contribution in [0.2, 0.25) is 0 Å². The van der Waals surface area contributed by atoms with E-state index in [1.165, 1.54) is 6.07 Å². The molecule has 0 unspecified atom stereocenters. The Balaban J connectivity index is 0.00000253. The van der Waals surface area contributed by atoms with Crippen LogP contribution in [-0.4, -0.2) is 23.2 Å². The van der Waals surface area contributed by atoms with Crippen LogP contribution in [0.3, 0.4) is 0 Å². The molecule has 1 aromatic heterocycles. The van der Waals surface area contributed by atoms with E-state index in [1.54, 1.807) is 48.5 Å². The van der Waals surface area contributed by atoms with Gasteiger partial charge in [0, 0.05) is 21.4 Å². The predicted octanol–water partition coefficient (Wildman–Crippen LogP) is -6.51. The summed E-state index contributed by atoms with van der Waals surface area (Å²) >= 11 is 1.27. The molecule has 0 fully saturated rings. The van der Waals surface area contributed by atoms with Gasteiger partial charge in [-0.1, -0.05) is 24.3 Å². The maximum atomic E-state index is 11.5. The minimum Gasteiger partial charge on any atom is -0.744 e. The number of anilines is 4. The zero-order valence-electron chi connectivity index (χ0n) is 20.6. The Morgan fingerprint density at radius 2 is 1.31 bits per heavy atom. The molecular weight excluding hydrogens is 605 g/mol. The molecule has 39 heavy (non-hydrogen) atoms. The van der Waals surface area contributed by atoms with Gasteiger partial charge in [-0.05, 0) is 42.5 Å². The van der Waals surface area contributed by atoms with Gasteiger partial charge in [0.15, 0.2) is 11.6 Å². The van der Waals surface area contributed by atoms with Crippen LogP contribution < -0.4 is 110 Å². The summed E-state index contributed by atoms with van der Waals surface area (Å²) in [5.41, 5.74) is 0.788. The quantitative estimate of drug-likeness (QED) is 0.0530. The van der Waals surface area contributed by atoms with Crippen LogP contribution >= 0.6 is 24.1 Å². The Bertz CT molecular complexity index is 1470. The molecule has 188 valence electrons. The van der Waals surface area contributed by atoms with Crippen molar-refractivity contribution in [2.75, 3.05) is 10.6 Å². The smallest absolute Gasteiger partial charge is 0.744 e. The summed E-state index contributed by atoms with van der Waals surface area (Å²) in [5, 5.41) is 42.7. The van der Waals surface area contributed by atoms with E-state index in [-0.39, 0.29) is 105 Å². The van der Waals surface area contributed by atoms with Crippen molar-refractivity contribution in [1.82, 2.24) is 10.2 Å². The summed E-state index contributed by atoms with van der Waals surface area (Å²) in [7, 11) is -4.76. The van der Waals surface area contributed by atoms with Crippen LogP contribution in [-0.2, 0) is 28.9 Å². The molecule has 13 nitrogen and oxygen atoms in total. The average molecular weight is 619 g/mol. The Kier molecular flexibility index (Phi) is 16.9. The minimum absolute atomic E-state index is 0. The van der Waals surface area contributed by atoms with Crippen molar-refractivity contribution in [1.29, 1.82) is 0 Å². The van der Waals surface area contributed by atoms with Crippen molar-refractivity contribution in [2.45, 2.75) is 14.7 Å². The molecule has 0 saturated carbocycles. The molecule has 3 aromatic carbocycles. The molecule has 0 bridgehead atoms. The molecule has 0 spiro atoms. The summed E-state index contributed by atoms with van der Waals surface area (Å²) in [6.07, 6.45) is 0. The molecule has 0 amide bonds. The predicted molar refractivity (Wildman–Crippen MR) is 123 cm³/mol. The number of nitrogens with zero attached hydrogens (tertiary/aromatic N) is 2. The fraction of sp³-hybridized carbons (Fsp3) is 0. The van der Waals surface area contributed by atoms with E-state index >= 15 is 0 Å². The third-order valence-electron chi connectivity index (χ3n) is 4.61. The van der Waals surface area contributed by atoms with Crippen LogP contribution in [0.4, 0.5) is 23.0 Å². The molecule has 0 atom stereocenters. The summed E-state index contributed by atoms with van der Waals surface area (Å²) in [6, 6.07) is 17.4. The van der Waals surface area contributed by atoms with Crippen LogP contribution in [0, 0.1) is 0 Å². The van der Waals surface area contributed by atoms with Crippen LogP contribution in [0.1, 0.15) is 0 Å². The summed E-state index contributed by atoms with van der Waals surface area (Å²) in [5.74, 6) is 0.660. The van der Waals surface area contributed by atoms with Gasteiger partial charge in [0.2, 0.25) is 0 Å². The second kappa shape index (κ2) is 17.8. The first kappa shape index (κ1) is 37.0. The van der Waals surface area contributed by atoms with Crippen LogP contribution in [0.5, 0.6) is 0 Å². The zero-order chi connectivity index (χ0) is 25.5. The second-order valence-electron chi connectivity index (χ2n) is 6.77. The molecule has 0 saturated heterocycles. The Labute approximate surface area is 297 Å². The van der Waals surface area contributed by atoms with Crippen molar-refractivity contribution in [3.63, 3.8) is 0 Å². The topological polar surface area (TPSA) is 190 Å². The van der Waals surface area contributed by atoms with E-state index < -0.39 is 15.0 Å². The van der Waals surface area contributed by atoms with E-state index in [4.69, 9.17) is 0 Å². The fourth-order valence-corrected chi connectivity index (χ4v) is 4.36. The normalized spacial score (nSPS) is 10.6. The van der Waals surface area contributed by atoms with E-state index in [1.807, 2.05) is 0 Å². The standard InChI is InChI=1S/C20H16N4O9S3.3Na/c25-30-32-34-13-7-5-12(6-8-13)21-19-15-3-1-2-4-16(15)20(24-23-19)22-17-11-14(36(27,28)29)9-10-18(17)35-33-31-26;;;/h1-11,25-26H,(H,21,23)(H,22,24)(H,27,28,29);;;/q;3*+1/p-3. The monoisotopic (exact) mass is 618 g/mol. The van der Waals surface area contributed by atoms with Gasteiger partial charge < -0.3 is 25.7 Å². The van der Waals surface area contributed by atoms with Gasteiger partial charge in [-0.3, -0.25) is 10.1 Å². The molecule has 4 aromatic rings. The molecule has 0 aliphatic carbocycles. The number of aromatic nitrogens is 2. The van der Waals surface area contributed by atoms with Gasteiger partial charge in [-0.15, -0.1) is 10.2 Å². The first-order chi connectivity index (χ1) is 17.4. The van der Waals surface area contributed by atoms with Crippen molar-refractivity contribution in [3.05, 3.63) is 66.7 Å². The largest absolute Gasteiger partial charge is 1.00 e. The number of hydrogen-bond acceptors (Lipinski definition) is 15. The first-order valence-electron chi connectivity index (χ1n) is 9.65. The maximum absolute atomic E-state index is 11.5. The van der Waals surface area contributed by atoms with Gasteiger partial charge in [-0.25, -0.2) is 8.42 Å². The van der Waals surface area contributed by atoms with Gasteiger partial charge in [0.05, 0.1) is 39.6 Å². The molecule has 1 heterocycles. The van der Waals surface area contributed by atoms with E-state index in [2.05, 4.69) is 39.6 Å². The Morgan fingerprint density at radius 3 is 1.87 bits per heavy atom. The average Bonchev–Trinajstić information content (AvgIpc) is 2.88. The van der Waals surface area contributed by atoms with Crippen molar-refractivity contribution in [3.8, 4) is 0 Å². The molecule has 0 radical (unpaired) electrons. The molecule has 2 N–H and O–H groups in total. The summed E-state index contributed by atoms with van der Waals surface area (Å²) in [4.78, 5) is 0.381. The summed E-state index contributed by atoms with van der Waals surface area (Å²) in [6.45, 7) is 0. The third-order valence-corrected chi connectivity index (χ3v) is 6.69. The van der Waals surface area contributed by atoms with Crippen molar-refractivity contribution >= 4 is 68.0 Å². The van der Waals surface area contributed by atoms with Crippen molar-refractivity contribution < 1.29 is 131 Å². The number of benzene rings is 3. The van der Waals surface area contributed by atoms with Gasteiger partial charge in [0.1, 0.15) is 10.1 Å². The van der Waals surface area contributed by atoms with E-state index in [9.17, 15) is 23.5 Å². The Hall–Kier alpha value is -0.0300. The van der Waals surface area contributed by atoms with Crippen LogP contribution in [0.25, 0.3) is 10.8 Å². The van der Waals surface area contributed by atoms with E-state index in [0.29, 0.717) is 39.2 Å². The minimum atomic E-state index is -4.76. The molecule has 19 heteroatoms. The van der Waals surface area contributed by atoms with Gasteiger partial charge >= 0.3 is 88.7 Å². The number of rotatable bonds is 11. The van der Waals surface area contributed by atoms with Gasteiger partial charge in [-0.2, -0.15) is 8.67 Å². The maximum Gasteiger partial charge on any atom is 1.00 e. The SMILES string of the molecule is O=S(=O)([O-])c1ccc(SOO[O-])c(Nc2nnc(Nc3ccc(SOO[O-])cc3)c3ccccc23)c1.[Na+].[Na+].[Na+]. The number of fused-ring (bicyclic) bond motifs is 1. The number of hydrogen-bond donors (Lipinski definition) is 2. The van der Waals surface area contributed by atoms with E-state index in [0.717, 1.165) is 24.2 Å². The third kappa shape index (κ3) is 10.3. The van der Waals surface area contributed by atoms with Crippen molar-refractivity contribution in [2.24, 2.45) is 0 Å². The zero-order valence-corrected chi connectivity index (χ0v) is 29.1. The fourth-order valence-electron chi connectivity index (χ4n) is 3.09. The Morgan fingerprint density at radius 1 is 0.744 bits per heavy atom. The second-order valence-corrected chi connectivity index (χ2v) is 9.66. The summed E-state index contributed by atoms with van der Waals surface area (Å²) < 4.78 is 43.1.